The lowest BCUT2D eigenvalue weighted by molar-refractivity contribution is -0.117. The highest BCUT2D eigenvalue weighted by Gasteiger charge is 2.26. The van der Waals surface area contributed by atoms with Gasteiger partial charge in [0.15, 0.2) is 0 Å². The molecule has 3 heterocycles. The van der Waals surface area contributed by atoms with Crippen LogP contribution in [0.1, 0.15) is 24.7 Å². The second-order valence-corrected chi connectivity index (χ2v) is 7.12. The van der Waals surface area contributed by atoms with Crippen LogP contribution in [0.15, 0.2) is 45.6 Å². The number of hydrogen-bond acceptors (Lipinski definition) is 8. The van der Waals surface area contributed by atoms with Crippen molar-refractivity contribution in [2.45, 2.75) is 18.8 Å². The Morgan fingerprint density at radius 1 is 1.20 bits per heavy atom. The summed E-state index contributed by atoms with van der Waals surface area (Å²) in [6.45, 7) is 1.85. The van der Waals surface area contributed by atoms with Crippen LogP contribution in [0.4, 0.5) is 5.69 Å². The molecule has 2 aromatic heterocycles. The van der Waals surface area contributed by atoms with Gasteiger partial charge in [-0.1, -0.05) is 0 Å². The summed E-state index contributed by atoms with van der Waals surface area (Å²) in [7, 11) is 3.15. The minimum absolute atomic E-state index is 0.0972. The van der Waals surface area contributed by atoms with Crippen LogP contribution in [0, 0.1) is 0 Å². The number of amides is 1. The molecule has 1 saturated heterocycles. The molecule has 0 spiro atoms. The van der Waals surface area contributed by atoms with Gasteiger partial charge >= 0.3 is 0 Å². The lowest BCUT2D eigenvalue weighted by atomic mass is 9.97. The molecule has 0 atom stereocenters. The molecule has 9 nitrogen and oxygen atoms in total. The Morgan fingerprint density at radius 3 is 2.73 bits per heavy atom. The quantitative estimate of drug-likeness (QED) is 0.631. The lowest BCUT2D eigenvalue weighted by Gasteiger charge is -2.29. The minimum atomic E-state index is -0.0972. The fraction of sp³-hybridized carbons (Fsp3) is 0.381. The molecule has 3 aromatic rings. The normalized spacial score (nSPS) is 15.1. The van der Waals surface area contributed by atoms with Crippen LogP contribution in [0.25, 0.3) is 11.5 Å². The molecule has 1 fully saturated rings. The third-order valence-corrected chi connectivity index (χ3v) is 5.19. The summed E-state index contributed by atoms with van der Waals surface area (Å²) in [6.07, 6.45) is 4.85. The van der Waals surface area contributed by atoms with Crippen LogP contribution in [0.3, 0.4) is 0 Å². The van der Waals surface area contributed by atoms with E-state index in [-0.39, 0.29) is 11.8 Å². The molecule has 1 amide bonds. The van der Waals surface area contributed by atoms with Gasteiger partial charge in [0.1, 0.15) is 17.8 Å². The number of rotatable bonds is 7. The summed E-state index contributed by atoms with van der Waals surface area (Å²) >= 11 is 0. The molecule has 0 radical (unpaired) electrons. The van der Waals surface area contributed by atoms with Gasteiger partial charge in [-0.25, -0.2) is 0 Å². The van der Waals surface area contributed by atoms with Crippen molar-refractivity contribution in [3.8, 4) is 23.0 Å². The molecule has 30 heavy (non-hydrogen) atoms. The number of methoxy groups -OCH3 is 2. The van der Waals surface area contributed by atoms with E-state index in [1.807, 2.05) is 0 Å². The van der Waals surface area contributed by atoms with E-state index in [9.17, 15) is 4.79 Å². The average molecular weight is 412 g/mol. The zero-order valence-electron chi connectivity index (χ0n) is 17.0. The third-order valence-electron chi connectivity index (χ3n) is 5.19. The summed E-state index contributed by atoms with van der Waals surface area (Å²) in [6, 6.07) is 7.09. The van der Waals surface area contributed by atoms with Crippen LogP contribution >= 0.6 is 0 Å². The first-order valence-corrected chi connectivity index (χ1v) is 9.76. The summed E-state index contributed by atoms with van der Waals surface area (Å²) in [5.74, 6) is 2.44. The van der Waals surface area contributed by atoms with E-state index in [1.54, 1.807) is 51.0 Å². The van der Waals surface area contributed by atoms with E-state index in [0.29, 0.717) is 35.5 Å². The van der Waals surface area contributed by atoms with Crippen LogP contribution in [0.2, 0.25) is 0 Å². The van der Waals surface area contributed by atoms with Crippen molar-refractivity contribution in [1.82, 2.24) is 15.1 Å². The predicted octanol–water partition coefficient (Wildman–Crippen LogP) is 3.16. The zero-order valence-corrected chi connectivity index (χ0v) is 17.0. The third kappa shape index (κ3) is 4.46. The van der Waals surface area contributed by atoms with Crippen molar-refractivity contribution in [1.29, 1.82) is 0 Å². The number of hydrogen-bond donors (Lipinski definition) is 1. The Morgan fingerprint density at radius 2 is 2.03 bits per heavy atom. The number of ether oxygens (including phenoxy) is 2. The monoisotopic (exact) mass is 412 g/mol. The van der Waals surface area contributed by atoms with Crippen LogP contribution in [-0.2, 0) is 4.79 Å². The number of aromatic nitrogens is 2. The zero-order chi connectivity index (χ0) is 20.9. The second kappa shape index (κ2) is 9.00. The van der Waals surface area contributed by atoms with Crippen LogP contribution < -0.4 is 14.8 Å². The molecule has 1 aliphatic rings. The Bertz CT molecular complexity index is 977. The predicted molar refractivity (Wildman–Crippen MR) is 109 cm³/mol. The number of carbonyl (C=O) groups excluding carboxylic acids is 1. The SMILES string of the molecule is COc1ccc(OC)c(NC(=O)CN2CCC(c3nnc(-c4ccoc4)o3)CC2)c1. The molecule has 9 heteroatoms. The topological polar surface area (TPSA) is 103 Å². The van der Waals surface area contributed by atoms with E-state index >= 15 is 0 Å². The molecule has 0 unspecified atom stereocenters. The van der Waals surface area contributed by atoms with E-state index in [4.69, 9.17) is 18.3 Å². The van der Waals surface area contributed by atoms with Gasteiger partial charge in [-0.3, -0.25) is 9.69 Å². The van der Waals surface area contributed by atoms with Gasteiger partial charge < -0.3 is 23.6 Å². The highest BCUT2D eigenvalue weighted by Crippen LogP contribution is 2.30. The molecular formula is C21H24N4O5. The molecule has 0 bridgehead atoms. The maximum absolute atomic E-state index is 12.5. The first-order valence-electron chi connectivity index (χ1n) is 9.76. The Balaban J connectivity index is 1.30. The Labute approximate surface area is 174 Å². The number of carbonyl (C=O) groups is 1. The van der Waals surface area contributed by atoms with Crippen molar-refractivity contribution < 1.29 is 23.1 Å². The van der Waals surface area contributed by atoms with E-state index in [2.05, 4.69) is 20.4 Å². The standard InChI is InChI=1S/C21H24N4O5/c1-27-16-3-4-18(28-2)17(11-16)22-19(26)12-25-8-5-14(6-9-25)20-23-24-21(30-20)15-7-10-29-13-15/h3-4,7,10-11,13-14H,5-6,8-9,12H2,1-2H3,(H,22,26). The first kappa shape index (κ1) is 20.0. The fourth-order valence-corrected chi connectivity index (χ4v) is 3.54. The Hall–Kier alpha value is -3.33. The van der Waals surface area contributed by atoms with Crippen molar-refractivity contribution in [2.24, 2.45) is 0 Å². The molecular weight excluding hydrogens is 388 g/mol. The largest absolute Gasteiger partial charge is 0.497 e. The number of piperidine rings is 1. The summed E-state index contributed by atoms with van der Waals surface area (Å²) in [4.78, 5) is 14.7. The molecule has 1 aliphatic heterocycles. The number of nitrogens with one attached hydrogen (secondary N) is 1. The lowest BCUT2D eigenvalue weighted by Crippen LogP contribution is -2.38. The maximum atomic E-state index is 12.5. The average Bonchev–Trinajstić information content (AvgIpc) is 3.46. The molecule has 1 N–H and O–H groups in total. The van der Waals surface area contributed by atoms with Gasteiger partial charge in [0, 0.05) is 12.0 Å². The number of likely N-dealkylation sites (tertiary alicyclic amines) is 1. The van der Waals surface area contributed by atoms with Crippen LogP contribution in [0.5, 0.6) is 11.5 Å². The number of nitrogens with zero attached hydrogens (tertiary/aromatic N) is 3. The molecule has 4 rings (SSSR count). The number of benzene rings is 1. The van der Waals surface area contributed by atoms with Crippen molar-refractivity contribution in [2.75, 3.05) is 39.2 Å². The summed E-state index contributed by atoms with van der Waals surface area (Å²) in [5.41, 5.74) is 1.37. The van der Waals surface area contributed by atoms with E-state index in [1.165, 1.54) is 0 Å². The Kier molecular flexibility index (Phi) is 5.99. The van der Waals surface area contributed by atoms with Crippen LogP contribution in [-0.4, -0.2) is 54.9 Å². The molecule has 0 saturated carbocycles. The van der Waals surface area contributed by atoms with Crippen molar-refractivity contribution >= 4 is 11.6 Å². The summed E-state index contributed by atoms with van der Waals surface area (Å²) < 4.78 is 21.4. The molecule has 0 aliphatic carbocycles. The van der Waals surface area contributed by atoms with E-state index < -0.39 is 0 Å². The van der Waals surface area contributed by atoms with Crippen molar-refractivity contribution in [3.05, 3.63) is 42.7 Å². The van der Waals surface area contributed by atoms with Gasteiger partial charge in [0.05, 0.1) is 38.3 Å². The fourth-order valence-electron chi connectivity index (χ4n) is 3.54. The smallest absolute Gasteiger partial charge is 0.250 e. The first-order chi connectivity index (χ1) is 14.7. The molecule has 158 valence electrons. The summed E-state index contributed by atoms with van der Waals surface area (Å²) in [5, 5.41) is 11.2. The van der Waals surface area contributed by atoms with Gasteiger partial charge in [-0.2, -0.15) is 0 Å². The van der Waals surface area contributed by atoms with Crippen molar-refractivity contribution in [3.63, 3.8) is 0 Å². The van der Waals surface area contributed by atoms with Gasteiger partial charge in [-0.15, -0.1) is 10.2 Å². The van der Waals surface area contributed by atoms with Gasteiger partial charge in [0.2, 0.25) is 11.8 Å². The highest BCUT2D eigenvalue weighted by molar-refractivity contribution is 5.94. The van der Waals surface area contributed by atoms with Gasteiger partial charge in [-0.05, 0) is 44.1 Å². The molecule has 1 aromatic carbocycles. The number of anilines is 1. The number of furan rings is 1. The van der Waals surface area contributed by atoms with Gasteiger partial charge in [0.25, 0.3) is 5.89 Å². The second-order valence-electron chi connectivity index (χ2n) is 7.12. The minimum Gasteiger partial charge on any atom is -0.497 e. The highest BCUT2D eigenvalue weighted by atomic mass is 16.5. The maximum Gasteiger partial charge on any atom is 0.250 e. The van der Waals surface area contributed by atoms with E-state index in [0.717, 1.165) is 31.5 Å².